The molecule has 0 saturated carbocycles. The fourth-order valence-electron chi connectivity index (χ4n) is 3.12. The summed E-state index contributed by atoms with van der Waals surface area (Å²) in [4.78, 5) is 37.6. The van der Waals surface area contributed by atoms with Crippen molar-refractivity contribution < 1.29 is 23.6 Å². The van der Waals surface area contributed by atoms with Crippen LogP contribution in [0.4, 0.5) is 5.82 Å². The number of anilines is 1. The van der Waals surface area contributed by atoms with Gasteiger partial charge in [0.25, 0.3) is 0 Å². The van der Waals surface area contributed by atoms with Gasteiger partial charge in [0.15, 0.2) is 11.9 Å². The van der Waals surface area contributed by atoms with Gasteiger partial charge in [0, 0.05) is 6.07 Å². The molecule has 1 heterocycles. The van der Waals surface area contributed by atoms with Crippen molar-refractivity contribution in [2.45, 2.75) is 32.1 Å². The first kappa shape index (κ1) is 23.3. The van der Waals surface area contributed by atoms with Gasteiger partial charge in [0.05, 0.1) is 17.6 Å². The highest BCUT2D eigenvalue weighted by Gasteiger charge is 2.26. The van der Waals surface area contributed by atoms with Crippen LogP contribution in [0.15, 0.2) is 53.1 Å². The van der Waals surface area contributed by atoms with E-state index in [4.69, 9.17) is 9.26 Å². The Balaban J connectivity index is 1.66. The minimum Gasteiger partial charge on any atom is -0.464 e. The fourth-order valence-corrected chi connectivity index (χ4v) is 3.82. The number of carbonyl (C=O) groups excluding carboxylic acids is 3. The quantitative estimate of drug-likeness (QED) is 0.474. The van der Waals surface area contributed by atoms with Crippen molar-refractivity contribution in [3.05, 3.63) is 59.9 Å². The fraction of sp³-hybridized carbons (Fsp3) is 0.304. The first-order chi connectivity index (χ1) is 15.4. The Labute approximate surface area is 190 Å². The van der Waals surface area contributed by atoms with E-state index >= 15 is 0 Å². The van der Waals surface area contributed by atoms with Crippen molar-refractivity contribution in [2.24, 2.45) is 0 Å². The minimum absolute atomic E-state index is 0.00684. The van der Waals surface area contributed by atoms with Gasteiger partial charge in [-0.25, -0.2) is 4.79 Å². The number of thioether (sulfide) groups is 1. The second kappa shape index (κ2) is 10.8. The smallest absolute Gasteiger partial charge is 0.333 e. The lowest BCUT2D eigenvalue weighted by Gasteiger charge is -2.20. The monoisotopic (exact) mass is 455 g/mol. The third-order valence-electron chi connectivity index (χ3n) is 4.67. The van der Waals surface area contributed by atoms with Gasteiger partial charge in [-0.1, -0.05) is 47.6 Å². The summed E-state index contributed by atoms with van der Waals surface area (Å²) >= 11 is 1.15. The van der Waals surface area contributed by atoms with E-state index < -0.39 is 17.3 Å². The van der Waals surface area contributed by atoms with Gasteiger partial charge in [-0.15, -0.1) is 11.8 Å². The van der Waals surface area contributed by atoms with Crippen molar-refractivity contribution in [3.63, 3.8) is 0 Å². The number of benzene rings is 2. The van der Waals surface area contributed by atoms with Crippen molar-refractivity contribution in [1.29, 1.82) is 0 Å². The summed E-state index contributed by atoms with van der Waals surface area (Å²) in [6.45, 7) is 5.32. The summed E-state index contributed by atoms with van der Waals surface area (Å²) in [5.41, 5.74) is 0.659. The number of fused-ring (bicyclic) bond motifs is 1. The molecule has 0 aliphatic heterocycles. The SMILES string of the molecule is CCOC(=O)[C@@H](NC(=O)CS[C@@H](C)C(=O)Nc1cc(C)on1)c1cccc2ccccc12. The maximum absolute atomic E-state index is 12.7. The van der Waals surface area contributed by atoms with Crippen molar-refractivity contribution in [2.75, 3.05) is 17.7 Å². The lowest BCUT2D eigenvalue weighted by Crippen LogP contribution is -2.36. The average molecular weight is 456 g/mol. The van der Waals surface area contributed by atoms with Gasteiger partial charge in [0.2, 0.25) is 11.8 Å². The predicted octanol–water partition coefficient (Wildman–Crippen LogP) is 3.62. The van der Waals surface area contributed by atoms with Crippen LogP contribution >= 0.6 is 11.8 Å². The molecule has 8 nitrogen and oxygen atoms in total. The number of hydrogen-bond donors (Lipinski definition) is 2. The number of carbonyl (C=O) groups is 3. The highest BCUT2D eigenvalue weighted by Crippen LogP contribution is 2.26. The zero-order chi connectivity index (χ0) is 23.1. The molecule has 168 valence electrons. The van der Waals surface area contributed by atoms with E-state index in [1.54, 1.807) is 32.9 Å². The van der Waals surface area contributed by atoms with Crippen molar-refractivity contribution in [3.8, 4) is 0 Å². The van der Waals surface area contributed by atoms with E-state index in [9.17, 15) is 14.4 Å². The van der Waals surface area contributed by atoms with Crippen LogP contribution in [-0.2, 0) is 19.1 Å². The largest absolute Gasteiger partial charge is 0.464 e. The number of nitrogens with zero attached hydrogens (tertiary/aromatic N) is 1. The molecule has 2 amide bonds. The molecule has 0 radical (unpaired) electrons. The maximum atomic E-state index is 12.7. The van der Waals surface area contributed by atoms with Crippen LogP contribution < -0.4 is 10.6 Å². The van der Waals surface area contributed by atoms with Gasteiger partial charge in [-0.2, -0.15) is 0 Å². The summed E-state index contributed by atoms with van der Waals surface area (Å²) in [6.07, 6.45) is 0. The van der Waals surface area contributed by atoms with E-state index in [2.05, 4.69) is 15.8 Å². The summed E-state index contributed by atoms with van der Waals surface area (Å²) < 4.78 is 10.1. The molecule has 0 aliphatic rings. The molecule has 32 heavy (non-hydrogen) atoms. The molecule has 2 aromatic carbocycles. The van der Waals surface area contributed by atoms with Gasteiger partial charge < -0.3 is 19.9 Å². The Hall–Kier alpha value is -3.33. The van der Waals surface area contributed by atoms with E-state index in [-0.39, 0.29) is 24.2 Å². The Morgan fingerprint density at radius 2 is 1.91 bits per heavy atom. The normalized spacial score (nSPS) is 12.7. The van der Waals surface area contributed by atoms with Crippen molar-refractivity contribution in [1.82, 2.24) is 10.5 Å². The Bertz CT molecular complexity index is 1110. The molecule has 0 bridgehead atoms. The average Bonchev–Trinajstić information content (AvgIpc) is 3.20. The number of aryl methyl sites for hydroxylation is 1. The standard InChI is InChI=1S/C23H25N3O5S/c1-4-30-23(29)21(18-11-7-9-16-8-5-6-10-17(16)18)25-20(27)13-32-15(3)22(28)24-19-12-14(2)31-26-19/h5-12,15,21H,4,13H2,1-3H3,(H,25,27)(H,24,26,28)/t15-,21-/m0/s1. The lowest BCUT2D eigenvalue weighted by molar-refractivity contribution is -0.147. The minimum atomic E-state index is -0.948. The maximum Gasteiger partial charge on any atom is 0.333 e. The zero-order valence-electron chi connectivity index (χ0n) is 18.1. The van der Waals surface area contributed by atoms with Gasteiger partial charge >= 0.3 is 5.97 Å². The van der Waals surface area contributed by atoms with Gasteiger partial charge in [-0.3, -0.25) is 9.59 Å². The molecular formula is C23H25N3O5S. The van der Waals surface area contributed by atoms with Gasteiger partial charge in [0.1, 0.15) is 5.76 Å². The van der Waals surface area contributed by atoms with E-state index in [1.807, 2.05) is 36.4 Å². The molecule has 3 aromatic rings. The van der Waals surface area contributed by atoms with Crippen LogP contribution in [0, 0.1) is 6.92 Å². The van der Waals surface area contributed by atoms with Crippen LogP contribution in [0.3, 0.4) is 0 Å². The number of aromatic nitrogens is 1. The molecule has 0 aliphatic carbocycles. The number of nitrogens with one attached hydrogen (secondary N) is 2. The molecule has 3 rings (SSSR count). The summed E-state index contributed by atoms with van der Waals surface area (Å²) in [7, 11) is 0. The zero-order valence-corrected chi connectivity index (χ0v) is 18.9. The Kier molecular flexibility index (Phi) is 7.88. The Morgan fingerprint density at radius 1 is 1.16 bits per heavy atom. The second-order valence-electron chi connectivity index (χ2n) is 7.09. The third kappa shape index (κ3) is 5.88. The lowest BCUT2D eigenvalue weighted by atomic mass is 9.98. The van der Waals surface area contributed by atoms with Gasteiger partial charge in [-0.05, 0) is 37.1 Å². The summed E-state index contributed by atoms with van der Waals surface area (Å²) in [5, 5.41) is 10.4. The van der Waals surface area contributed by atoms with E-state index in [1.165, 1.54) is 0 Å². The molecular weight excluding hydrogens is 430 g/mol. The molecule has 0 fully saturated rings. The van der Waals surface area contributed by atoms with Crippen LogP contribution in [0.2, 0.25) is 0 Å². The molecule has 0 saturated heterocycles. The van der Waals surface area contributed by atoms with Crippen LogP contribution in [0.25, 0.3) is 10.8 Å². The molecule has 2 N–H and O–H groups in total. The van der Waals surface area contributed by atoms with Crippen LogP contribution in [-0.4, -0.2) is 40.6 Å². The molecule has 1 aromatic heterocycles. The highest BCUT2D eigenvalue weighted by molar-refractivity contribution is 8.01. The van der Waals surface area contributed by atoms with E-state index in [0.717, 1.165) is 22.5 Å². The summed E-state index contributed by atoms with van der Waals surface area (Å²) in [5.74, 6) is -0.312. The first-order valence-corrected chi connectivity index (χ1v) is 11.2. The number of hydrogen-bond acceptors (Lipinski definition) is 7. The summed E-state index contributed by atoms with van der Waals surface area (Å²) in [6, 6.07) is 13.9. The number of ether oxygens (including phenoxy) is 1. The molecule has 0 unspecified atom stereocenters. The van der Waals surface area contributed by atoms with Crippen molar-refractivity contribution >= 4 is 46.1 Å². The second-order valence-corrected chi connectivity index (χ2v) is 8.42. The van der Waals surface area contributed by atoms with Crippen LogP contribution in [0.1, 0.15) is 31.2 Å². The number of amides is 2. The number of esters is 1. The molecule has 0 spiro atoms. The molecule has 9 heteroatoms. The molecule has 2 atom stereocenters. The third-order valence-corrected chi connectivity index (χ3v) is 5.82. The Morgan fingerprint density at radius 3 is 2.62 bits per heavy atom. The predicted molar refractivity (Wildman–Crippen MR) is 123 cm³/mol. The number of rotatable bonds is 9. The van der Waals surface area contributed by atoms with Crippen LogP contribution in [0.5, 0.6) is 0 Å². The van der Waals surface area contributed by atoms with E-state index in [0.29, 0.717) is 17.1 Å². The first-order valence-electron chi connectivity index (χ1n) is 10.2. The highest BCUT2D eigenvalue weighted by atomic mass is 32.2. The topological polar surface area (TPSA) is 111 Å².